The lowest BCUT2D eigenvalue weighted by Gasteiger charge is -2.13. The van der Waals surface area contributed by atoms with Crippen molar-refractivity contribution in [1.29, 1.82) is 0 Å². The molecule has 1 saturated heterocycles. The molecule has 3 nitrogen and oxygen atoms in total. The highest BCUT2D eigenvalue weighted by Gasteiger charge is 2.61. The molecule has 0 saturated carbocycles. The van der Waals surface area contributed by atoms with Gasteiger partial charge < -0.3 is 9.26 Å². The highest BCUT2D eigenvalue weighted by molar-refractivity contribution is 5.59. The first kappa shape index (κ1) is 15.1. The fourth-order valence-electron chi connectivity index (χ4n) is 3.55. The monoisotopic (exact) mass is 339 g/mol. The summed E-state index contributed by atoms with van der Waals surface area (Å²) in [6, 6.07) is 32.6. The van der Waals surface area contributed by atoms with Crippen LogP contribution in [0.25, 0.3) is 11.3 Å². The average Bonchev–Trinajstić information content (AvgIpc) is 3.30. The molecule has 1 unspecified atom stereocenters. The summed E-state index contributed by atoms with van der Waals surface area (Å²) in [4.78, 5) is 0. The van der Waals surface area contributed by atoms with Crippen LogP contribution in [0.2, 0.25) is 0 Å². The molecule has 3 aromatic carbocycles. The molecule has 0 aliphatic carbocycles. The molecule has 4 aromatic rings. The standard InChI is InChI=1S/C23H17NO2/c1-4-10-17(11-5-1)20-16-21(26-24-20)22-23(25-22,18-12-6-2-7-13-18)19-14-8-3-9-15-19/h1-16,22H. The van der Waals surface area contributed by atoms with Gasteiger partial charge in [-0.1, -0.05) is 96.2 Å². The predicted octanol–water partition coefficient (Wildman–Crippen LogP) is 5.36. The molecule has 1 fully saturated rings. The van der Waals surface area contributed by atoms with Crippen LogP contribution in [0.5, 0.6) is 0 Å². The van der Waals surface area contributed by atoms with E-state index in [2.05, 4.69) is 29.4 Å². The van der Waals surface area contributed by atoms with E-state index in [1.807, 2.05) is 72.8 Å². The van der Waals surface area contributed by atoms with E-state index in [1.165, 1.54) is 0 Å². The topological polar surface area (TPSA) is 38.6 Å². The molecule has 26 heavy (non-hydrogen) atoms. The molecule has 1 aliphatic heterocycles. The van der Waals surface area contributed by atoms with Gasteiger partial charge in [0, 0.05) is 11.6 Å². The normalized spacial score (nSPS) is 17.8. The van der Waals surface area contributed by atoms with E-state index in [1.54, 1.807) is 0 Å². The second-order valence-corrected chi connectivity index (χ2v) is 6.45. The van der Waals surface area contributed by atoms with E-state index in [-0.39, 0.29) is 6.10 Å². The van der Waals surface area contributed by atoms with Gasteiger partial charge in [-0.15, -0.1) is 0 Å². The van der Waals surface area contributed by atoms with Crippen molar-refractivity contribution >= 4 is 0 Å². The van der Waals surface area contributed by atoms with Crippen LogP contribution in [0, 0.1) is 0 Å². The molecule has 0 radical (unpaired) electrons. The maximum Gasteiger partial charge on any atom is 0.169 e. The van der Waals surface area contributed by atoms with Gasteiger partial charge in [0.15, 0.2) is 17.5 Å². The Labute approximate surface area is 151 Å². The molecule has 0 N–H and O–H groups in total. The number of hydrogen-bond acceptors (Lipinski definition) is 3. The summed E-state index contributed by atoms with van der Waals surface area (Å²) in [5.74, 6) is 0.747. The molecule has 126 valence electrons. The summed E-state index contributed by atoms with van der Waals surface area (Å²) >= 11 is 0. The van der Waals surface area contributed by atoms with Crippen LogP contribution in [-0.2, 0) is 10.3 Å². The van der Waals surface area contributed by atoms with Crippen molar-refractivity contribution in [3.8, 4) is 11.3 Å². The molecule has 0 amide bonds. The van der Waals surface area contributed by atoms with Crippen LogP contribution in [0.3, 0.4) is 0 Å². The van der Waals surface area contributed by atoms with Crippen molar-refractivity contribution in [3.63, 3.8) is 0 Å². The molecule has 3 heteroatoms. The predicted molar refractivity (Wildman–Crippen MR) is 99.4 cm³/mol. The summed E-state index contributed by atoms with van der Waals surface area (Å²) < 4.78 is 11.9. The lowest BCUT2D eigenvalue weighted by atomic mass is 9.87. The van der Waals surface area contributed by atoms with Gasteiger partial charge in [0.05, 0.1) is 0 Å². The van der Waals surface area contributed by atoms with Crippen LogP contribution < -0.4 is 0 Å². The number of epoxide rings is 1. The minimum atomic E-state index is -0.518. The first-order chi connectivity index (χ1) is 12.9. The third-order valence-electron chi connectivity index (χ3n) is 4.88. The Hall–Kier alpha value is -3.17. The fraction of sp³-hybridized carbons (Fsp3) is 0.0870. The van der Waals surface area contributed by atoms with Crippen LogP contribution in [0.1, 0.15) is 23.0 Å². The van der Waals surface area contributed by atoms with Crippen LogP contribution in [-0.4, -0.2) is 5.16 Å². The molecule has 1 aromatic heterocycles. The average molecular weight is 339 g/mol. The Morgan fingerprint density at radius 1 is 0.692 bits per heavy atom. The van der Waals surface area contributed by atoms with Gasteiger partial charge in [0.1, 0.15) is 5.69 Å². The van der Waals surface area contributed by atoms with Gasteiger partial charge in [-0.05, 0) is 11.1 Å². The van der Waals surface area contributed by atoms with Crippen molar-refractivity contribution in [3.05, 3.63) is 114 Å². The summed E-state index contributed by atoms with van der Waals surface area (Å²) in [6.07, 6.45) is -0.183. The second-order valence-electron chi connectivity index (χ2n) is 6.45. The number of rotatable bonds is 4. The van der Waals surface area contributed by atoms with E-state index in [0.717, 1.165) is 28.1 Å². The Kier molecular flexibility index (Phi) is 3.47. The van der Waals surface area contributed by atoms with Crippen molar-refractivity contribution in [1.82, 2.24) is 5.16 Å². The van der Waals surface area contributed by atoms with Gasteiger partial charge in [0.25, 0.3) is 0 Å². The number of nitrogens with zero attached hydrogens (tertiary/aromatic N) is 1. The number of ether oxygens (including phenoxy) is 1. The van der Waals surface area contributed by atoms with Crippen LogP contribution in [0.15, 0.2) is 102 Å². The second kappa shape index (κ2) is 5.97. The minimum Gasteiger partial charge on any atom is -0.358 e. The van der Waals surface area contributed by atoms with Crippen molar-refractivity contribution < 1.29 is 9.26 Å². The van der Waals surface area contributed by atoms with Gasteiger partial charge in [-0.2, -0.15) is 0 Å². The molecule has 0 bridgehead atoms. The summed E-state index contributed by atoms with van der Waals surface area (Å²) in [7, 11) is 0. The van der Waals surface area contributed by atoms with Crippen LogP contribution >= 0.6 is 0 Å². The number of aromatic nitrogens is 1. The molecule has 5 rings (SSSR count). The minimum absolute atomic E-state index is 0.183. The highest BCUT2D eigenvalue weighted by atomic mass is 16.6. The summed E-state index contributed by atoms with van der Waals surface area (Å²) in [6.45, 7) is 0. The number of hydrogen-bond donors (Lipinski definition) is 0. The fourth-order valence-corrected chi connectivity index (χ4v) is 3.55. The molecule has 0 spiro atoms. The quantitative estimate of drug-likeness (QED) is 0.470. The Balaban J connectivity index is 1.55. The van der Waals surface area contributed by atoms with Gasteiger partial charge in [-0.25, -0.2) is 0 Å². The van der Waals surface area contributed by atoms with Crippen molar-refractivity contribution in [2.45, 2.75) is 11.7 Å². The first-order valence-corrected chi connectivity index (χ1v) is 8.69. The van der Waals surface area contributed by atoms with Gasteiger partial charge >= 0.3 is 0 Å². The van der Waals surface area contributed by atoms with E-state index in [4.69, 9.17) is 9.26 Å². The maximum absolute atomic E-state index is 6.28. The van der Waals surface area contributed by atoms with E-state index >= 15 is 0 Å². The molecule has 1 aliphatic rings. The summed E-state index contributed by atoms with van der Waals surface area (Å²) in [5, 5.41) is 4.25. The van der Waals surface area contributed by atoms with Crippen molar-refractivity contribution in [2.75, 3.05) is 0 Å². The van der Waals surface area contributed by atoms with Crippen molar-refractivity contribution in [2.24, 2.45) is 0 Å². The third kappa shape index (κ3) is 2.37. The van der Waals surface area contributed by atoms with Gasteiger partial charge in [0.2, 0.25) is 0 Å². The smallest absolute Gasteiger partial charge is 0.169 e. The zero-order valence-electron chi connectivity index (χ0n) is 14.1. The molecule has 2 heterocycles. The highest BCUT2D eigenvalue weighted by Crippen LogP contribution is 2.61. The number of benzene rings is 3. The Morgan fingerprint density at radius 2 is 1.23 bits per heavy atom. The molecular weight excluding hydrogens is 322 g/mol. The zero-order chi connectivity index (χ0) is 17.4. The molecule has 1 atom stereocenters. The van der Waals surface area contributed by atoms with E-state index in [0.29, 0.717) is 0 Å². The van der Waals surface area contributed by atoms with E-state index in [9.17, 15) is 0 Å². The summed E-state index contributed by atoms with van der Waals surface area (Å²) in [5.41, 5.74) is 3.58. The Morgan fingerprint density at radius 3 is 1.81 bits per heavy atom. The molecular formula is C23H17NO2. The Bertz CT molecular complexity index is 970. The van der Waals surface area contributed by atoms with E-state index < -0.39 is 5.60 Å². The third-order valence-corrected chi connectivity index (χ3v) is 4.88. The van der Waals surface area contributed by atoms with Crippen LogP contribution in [0.4, 0.5) is 0 Å². The maximum atomic E-state index is 6.28. The first-order valence-electron chi connectivity index (χ1n) is 8.69. The lowest BCUT2D eigenvalue weighted by Crippen LogP contribution is -2.11. The van der Waals surface area contributed by atoms with Gasteiger partial charge in [-0.3, -0.25) is 0 Å². The largest absolute Gasteiger partial charge is 0.358 e. The SMILES string of the molecule is c1ccc(-c2cc(C3OC3(c3ccccc3)c3ccccc3)on2)cc1. The lowest BCUT2D eigenvalue weighted by molar-refractivity contribution is 0.300. The zero-order valence-corrected chi connectivity index (χ0v) is 14.1.